The van der Waals surface area contributed by atoms with Gasteiger partial charge in [0.2, 0.25) is 0 Å². The normalized spacial score (nSPS) is 10.6. The molecule has 0 radical (unpaired) electrons. The van der Waals surface area contributed by atoms with Gasteiger partial charge in [0, 0.05) is 23.5 Å². The van der Waals surface area contributed by atoms with Crippen molar-refractivity contribution in [2.45, 2.75) is 6.92 Å². The first-order valence-electron chi connectivity index (χ1n) is 6.05. The number of carbonyl (C=O) groups excluding carboxylic acids is 1. The molecule has 0 saturated heterocycles. The van der Waals surface area contributed by atoms with Crippen LogP contribution < -0.4 is 5.32 Å². The minimum atomic E-state index is -0.128. The Labute approximate surface area is 110 Å². The van der Waals surface area contributed by atoms with Gasteiger partial charge >= 0.3 is 0 Å². The number of amides is 1. The van der Waals surface area contributed by atoms with Crippen LogP contribution in [-0.4, -0.2) is 15.9 Å². The predicted octanol–water partition coefficient (Wildman–Crippen LogP) is 3.12. The lowest BCUT2D eigenvalue weighted by Gasteiger charge is -2.07. The van der Waals surface area contributed by atoms with Crippen molar-refractivity contribution in [1.82, 2.24) is 9.97 Å². The Hall–Kier alpha value is -2.62. The molecule has 0 atom stereocenters. The van der Waals surface area contributed by atoms with E-state index < -0.39 is 0 Å². The van der Waals surface area contributed by atoms with Gasteiger partial charge in [-0.25, -0.2) is 0 Å². The van der Waals surface area contributed by atoms with Crippen LogP contribution in [0.3, 0.4) is 0 Å². The van der Waals surface area contributed by atoms with Crippen LogP contribution in [0, 0.1) is 6.92 Å². The van der Waals surface area contributed by atoms with E-state index in [0.29, 0.717) is 5.56 Å². The molecule has 0 bridgehead atoms. The van der Waals surface area contributed by atoms with Crippen molar-refractivity contribution >= 4 is 22.5 Å². The summed E-state index contributed by atoms with van der Waals surface area (Å²) in [6.45, 7) is 1.87. The smallest absolute Gasteiger partial charge is 0.257 e. The lowest BCUT2D eigenvalue weighted by molar-refractivity contribution is 0.102. The van der Waals surface area contributed by atoms with E-state index >= 15 is 0 Å². The van der Waals surface area contributed by atoms with Gasteiger partial charge in [-0.05, 0) is 25.1 Å². The van der Waals surface area contributed by atoms with E-state index in [0.717, 1.165) is 22.3 Å². The SMILES string of the molecule is Cc1[nH]ccc1C(=O)Nc1cccc2cccnc12. The van der Waals surface area contributed by atoms with Crippen LogP contribution in [0.2, 0.25) is 0 Å². The van der Waals surface area contributed by atoms with E-state index in [9.17, 15) is 4.79 Å². The first-order chi connectivity index (χ1) is 9.25. The Kier molecular flexibility index (Phi) is 2.76. The lowest BCUT2D eigenvalue weighted by atomic mass is 10.1. The number of aromatic nitrogens is 2. The largest absolute Gasteiger partial charge is 0.365 e. The fourth-order valence-electron chi connectivity index (χ4n) is 2.09. The van der Waals surface area contributed by atoms with Gasteiger partial charge in [-0.3, -0.25) is 9.78 Å². The van der Waals surface area contributed by atoms with Gasteiger partial charge in [-0.1, -0.05) is 18.2 Å². The summed E-state index contributed by atoms with van der Waals surface area (Å²) in [6.07, 6.45) is 3.48. The number of hydrogen-bond donors (Lipinski definition) is 2. The number of fused-ring (bicyclic) bond motifs is 1. The van der Waals surface area contributed by atoms with Crippen molar-refractivity contribution in [2.24, 2.45) is 0 Å². The van der Waals surface area contributed by atoms with Crippen molar-refractivity contribution < 1.29 is 4.79 Å². The number of anilines is 1. The number of aryl methyl sites for hydroxylation is 1. The Morgan fingerprint density at radius 3 is 2.84 bits per heavy atom. The fraction of sp³-hybridized carbons (Fsp3) is 0.0667. The van der Waals surface area contributed by atoms with Crippen molar-refractivity contribution in [3.8, 4) is 0 Å². The summed E-state index contributed by atoms with van der Waals surface area (Å²) in [7, 11) is 0. The van der Waals surface area contributed by atoms with Crippen molar-refractivity contribution in [1.29, 1.82) is 0 Å². The van der Waals surface area contributed by atoms with E-state index in [4.69, 9.17) is 0 Å². The van der Waals surface area contributed by atoms with Crippen LogP contribution in [-0.2, 0) is 0 Å². The topological polar surface area (TPSA) is 57.8 Å². The van der Waals surface area contributed by atoms with Crippen molar-refractivity contribution in [3.63, 3.8) is 0 Å². The molecule has 1 aromatic carbocycles. The molecule has 1 amide bonds. The molecule has 0 spiro atoms. The van der Waals surface area contributed by atoms with Crippen LogP contribution in [0.4, 0.5) is 5.69 Å². The third-order valence-corrected chi connectivity index (χ3v) is 3.08. The number of nitrogens with one attached hydrogen (secondary N) is 2. The number of rotatable bonds is 2. The number of para-hydroxylation sites is 1. The third-order valence-electron chi connectivity index (χ3n) is 3.08. The summed E-state index contributed by atoms with van der Waals surface area (Å²) in [6, 6.07) is 11.4. The highest BCUT2D eigenvalue weighted by molar-refractivity contribution is 6.08. The summed E-state index contributed by atoms with van der Waals surface area (Å²) >= 11 is 0. The molecule has 94 valence electrons. The predicted molar refractivity (Wildman–Crippen MR) is 75.2 cm³/mol. The highest BCUT2D eigenvalue weighted by Crippen LogP contribution is 2.21. The standard InChI is InChI=1S/C15H13N3O/c1-10-12(7-9-16-10)15(19)18-13-6-2-4-11-5-3-8-17-14(11)13/h2-9,16H,1H3,(H,18,19). The molecule has 0 aliphatic rings. The Morgan fingerprint density at radius 2 is 2.05 bits per heavy atom. The zero-order valence-electron chi connectivity index (χ0n) is 10.5. The van der Waals surface area contributed by atoms with Gasteiger partial charge in [-0.2, -0.15) is 0 Å². The number of benzene rings is 1. The number of nitrogens with zero attached hydrogens (tertiary/aromatic N) is 1. The van der Waals surface area contributed by atoms with Crippen LogP contribution in [0.1, 0.15) is 16.1 Å². The molecule has 3 rings (SSSR count). The number of pyridine rings is 1. The van der Waals surface area contributed by atoms with E-state index in [2.05, 4.69) is 15.3 Å². The van der Waals surface area contributed by atoms with Gasteiger partial charge in [0.25, 0.3) is 5.91 Å². The number of carbonyl (C=O) groups is 1. The second-order valence-electron chi connectivity index (χ2n) is 4.35. The van der Waals surface area contributed by atoms with Gasteiger partial charge in [0.1, 0.15) is 0 Å². The molecule has 0 unspecified atom stereocenters. The molecule has 4 nitrogen and oxygen atoms in total. The molecule has 0 aliphatic heterocycles. The van der Waals surface area contributed by atoms with Crippen LogP contribution in [0.5, 0.6) is 0 Å². The van der Waals surface area contributed by atoms with Crippen molar-refractivity contribution in [2.75, 3.05) is 5.32 Å². The maximum Gasteiger partial charge on any atom is 0.257 e. The number of aromatic amines is 1. The molecule has 0 saturated carbocycles. The van der Waals surface area contributed by atoms with Crippen LogP contribution in [0.15, 0.2) is 48.8 Å². The average Bonchev–Trinajstić information content (AvgIpc) is 2.85. The molecule has 0 aliphatic carbocycles. The fourth-order valence-corrected chi connectivity index (χ4v) is 2.09. The second-order valence-corrected chi connectivity index (χ2v) is 4.35. The van der Waals surface area contributed by atoms with E-state index in [1.807, 2.05) is 37.3 Å². The molecule has 0 fully saturated rings. The first-order valence-corrected chi connectivity index (χ1v) is 6.05. The minimum absolute atomic E-state index is 0.128. The highest BCUT2D eigenvalue weighted by Gasteiger charge is 2.11. The molecule has 2 aromatic heterocycles. The first kappa shape index (κ1) is 11.5. The van der Waals surface area contributed by atoms with Gasteiger partial charge in [-0.15, -0.1) is 0 Å². The molecular weight excluding hydrogens is 238 g/mol. The summed E-state index contributed by atoms with van der Waals surface area (Å²) in [5.41, 5.74) is 3.02. The Bertz CT molecular complexity index is 740. The van der Waals surface area contributed by atoms with Gasteiger partial charge in [0.15, 0.2) is 0 Å². The number of hydrogen-bond acceptors (Lipinski definition) is 2. The summed E-state index contributed by atoms with van der Waals surface area (Å²) in [5, 5.41) is 3.91. The minimum Gasteiger partial charge on any atom is -0.365 e. The maximum absolute atomic E-state index is 12.2. The molecular formula is C15H13N3O. The zero-order chi connectivity index (χ0) is 13.2. The monoisotopic (exact) mass is 251 g/mol. The van der Waals surface area contributed by atoms with Crippen LogP contribution in [0.25, 0.3) is 10.9 Å². The molecule has 3 aromatic rings. The molecule has 2 N–H and O–H groups in total. The van der Waals surface area contributed by atoms with E-state index in [1.165, 1.54) is 0 Å². The van der Waals surface area contributed by atoms with E-state index in [-0.39, 0.29) is 5.91 Å². The average molecular weight is 251 g/mol. The zero-order valence-corrected chi connectivity index (χ0v) is 10.5. The quantitative estimate of drug-likeness (QED) is 0.735. The van der Waals surface area contributed by atoms with Gasteiger partial charge < -0.3 is 10.3 Å². The number of H-pyrrole nitrogens is 1. The lowest BCUT2D eigenvalue weighted by Crippen LogP contribution is -2.12. The Morgan fingerprint density at radius 1 is 1.21 bits per heavy atom. The van der Waals surface area contributed by atoms with Crippen molar-refractivity contribution in [3.05, 3.63) is 60.0 Å². The summed E-state index contributed by atoms with van der Waals surface area (Å²) < 4.78 is 0. The molecule has 4 heteroatoms. The van der Waals surface area contributed by atoms with Gasteiger partial charge in [0.05, 0.1) is 16.8 Å². The Balaban J connectivity index is 1.98. The highest BCUT2D eigenvalue weighted by atomic mass is 16.1. The second kappa shape index (κ2) is 4.57. The summed E-state index contributed by atoms with van der Waals surface area (Å²) in [5.74, 6) is -0.128. The van der Waals surface area contributed by atoms with Crippen LogP contribution >= 0.6 is 0 Å². The summed E-state index contributed by atoms with van der Waals surface area (Å²) in [4.78, 5) is 19.5. The maximum atomic E-state index is 12.2. The molecule has 2 heterocycles. The van der Waals surface area contributed by atoms with E-state index in [1.54, 1.807) is 18.5 Å². The third kappa shape index (κ3) is 2.08. The molecule has 19 heavy (non-hydrogen) atoms.